The SMILES string of the molecule is O=C(NCC1CC1)[C@H]1[C@H](CO)[C@H]2Cn3c(ccc(-c4ccccc4F)c3=O)[C@@H]1N2Cc1cncnc1. The summed E-state index contributed by atoms with van der Waals surface area (Å²) in [5.41, 5.74) is 1.85. The summed E-state index contributed by atoms with van der Waals surface area (Å²) in [5, 5.41) is 13.6. The molecular formula is C27H28FN5O3. The number of hydrogen-bond acceptors (Lipinski definition) is 6. The van der Waals surface area contributed by atoms with E-state index in [1.54, 1.807) is 41.2 Å². The van der Waals surface area contributed by atoms with Crippen LogP contribution < -0.4 is 10.9 Å². The van der Waals surface area contributed by atoms with Gasteiger partial charge in [-0.1, -0.05) is 18.2 Å². The lowest BCUT2D eigenvalue weighted by Crippen LogP contribution is -2.46. The molecule has 2 aromatic heterocycles. The number of aliphatic hydroxyl groups excluding tert-OH is 1. The Morgan fingerprint density at radius 1 is 1.11 bits per heavy atom. The van der Waals surface area contributed by atoms with Gasteiger partial charge in [0.05, 0.1) is 17.5 Å². The summed E-state index contributed by atoms with van der Waals surface area (Å²) in [7, 11) is 0. The molecule has 36 heavy (non-hydrogen) atoms. The van der Waals surface area contributed by atoms with Gasteiger partial charge in [-0.05, 0) is 37.0 Å². The van der Waals surface area contributed by atoms with E-state index < -0.39 is 17.8 Å². The molecule has 0 spiro atoms. The Labute approximate surface area is 207 Å². The smallest absolute Gasteiger partial charge is 0.258 e. The third-order valence-corrected chi connectivity index (χ3v) is 7.88. The number of nitrogens with one attached hydrogen (secondary N) is 1. The van der Waals surface area contributed by atoms with Crippen molar-refractivity contribution in [1.82, 2.24) is 24.8 Å². The van der Waals surface area contributed by atoms with E-state index in [1.165, 1.54) is 12.4 Å². The van der Waals surface area contributed by atoms with Crippen LogP contribution in [0, 0.1) is 23.6 Å². The molecule has 3 aliphatic rings. The van der Waals surface area contributed by atoms with E-state index in [-0.39, 0.29) is 41.2 Å². The maximum atomic E-state index is 14.5. The summed E-state index contributed by atoms with van der Waals surface area (Å²) < 4.78 is 16.2. The third kappa shape index (κ3) is 3.92. The molecule has 1 amide bonds. The minimum absolute atomic E-state index is 0.0955. The van der Waals surface area contributed by atoms with Crippen molar-refractivity contribution in [3.63, 3.8) is 0 Å². The van der Waals surface area contributed by atoms with Crippen LogP contribution in [0.5, 0.6) is 0 Å². The van der Waals surface area contributed by atoms with Crippen LogP contribution in [0.25, 0.3) is 11.1 Å². The van der Waals surface area contributed by atoms with Gasteiger partial charge in [-0.25, -0.2) is 14.4 Å². The molecule has 0 radical (unpaired) electrons. The van der Waals surface area contributed by atoms with Crippen LogP contribution in [0.2, 0.25) is 0 Å². The largest absolute Gasteiger partial charge is 0.396 e. The van der Waals surface area contributed by atoms with Gasteiger partial charge in [0.1, 0.15) is 12.1 Å². The zero-order valence-corrected chi connectivity index (χ0v) is 19.8. The predicted molar refractivity (Wildman–Crippen MR) is 130 cm³/mol. The first-order valence-corrected chi connectivity index (χ1v) is 12.4. The second kappa shape index (κ2) is 9.22. The number of hydrogen-bond donors (Lipinski definition) is 2. The fourth-order valence-electron chi connectivity index (χ4n) is 5.93. The number of rotatable bonds is 7. The summed E-state index contributed by atoms with van der Waals surface area (Å²) in [6.45, 7) is 1.25. The van der Waals surface area contributed by atoms with Crippen LogP contribution in [-0.4, -0.2) is 49.6 Å². The van der Waals surface area contributed by atoms with Crippen LogP contribution in [0.3, 0.4) is 0 Å². The Hall–Kier alpha value is -3.43. The first-order chi connectivity index (χ1) is 17.6. The molecule has 0 unspecified atom stereocenters. The molecule has 1 saturated heterocycles. The van der Waals surface area contributed by atoms with E-state index in [4.69, 9.17) is 0 Å². The molecule has 2 N–H and O–H groups in total. The van der Waals surface area contributed by atoms with Gasteiger partial charge in [-0.3, -0.25) is 14.5 Å². The second-order valence-corrected chi connectivity index (χ2v) is 10.1. The van der Waals surface area contributed by atoms with Gasteiger partial charge >= 0.3 is 0 Å². The van der Waals surface area contributed by atoms with Crippen LogP contribution in [0.4, 0.5) is 4.39 Å². The van der Waals surface area contributed by atoms with Gasteiger partial charge in [0.15, 0.2) is 0 Å². The van der Waals surface area contributed by atoms with E-state index in [9.17, 15) is 19.1 Å². The van der Waals surface area contributed by atoms with E-state index in [0.717, 1.165) is 18.4 Å². The first-order valence-electron chi connectivity index (χ1n) is 12.4. The van der Waals surface area contributed by atoms with Gasteiger partial charge in [0.25, 0.3) is 5.56 Å². The van der Waals surface area contributed by atoms with Crippen molar-refractivity contribution < 1.29 is 14.3 Å². The summed E-state index contributed by atoms with van der Waals surface area (Å²) in [5.74, 6) is -0.893. The first kappa shape index (κ1) is 23.0. The number of amides is 1. The van der Waals surface area contributed by atoms with E-state index in [1.807, 2.05) is 6.07 Å². The third-order valence-electron chi connectivity index (χ3n) is 7.88. The zero-order chi connectivity index (χ0) is 24.8. The maximum Gasteiger partial charge on any atom is 0.258 e. The molecule has 6 rings (SSSR count). The second-order valence-electron chi connectivity index (χ2n) is 10.1. The molecule has 2 fully saturated rings. The van der Waals surface area contributed by atoms with Crippen LogP contribution in [0.15, 0.2) is 59.9 Å². The summed E-state index contributed by atoms with van der Waals surface area (Å²) >= 11 is 0. The molecule has 1 saturated carbocycles. The Morgan fingerprint density at radius 3 is 2.61 bits per heavy atom. The number of aromatic nitrogens is 3. The number of fused-ring (bicyclic) bond motifs is 4. The fraction of sp³-hybridized carbons (Fsp3) is 0.407. The van der Waals surface area contributed by atoms with Crippen LogP contribution in [-0.2, 0) is 17.9 Å². The van der Waals surface area contributed by atoms with Crippen molar-refractivity contribution >= 4 is 5.91 Å². The highest BCUT2D eigenvalue weighted by molar-refractivity contribution is 5.81. The van der Waals surface area contributed by atoms with Crippen molar-refractivity contribution in [2.75, 3.05) is 13.2 Å². The summed E-state index contributed by atoms with van der Waals surface area (Å²) in [6.07, 6.45) is 7.20. The number of nitrogens with zero attached hydrogens (tertiary/aromatic N) is 4. The Bertz CT molecular complexity index is 1340. The molecule has 3 aromatic rings. The normalized spacial score (nSPS) is 24.9. The molecule has 186 valence electrons. The van der Waals surface area contributed by atoms with Gasteiger partial charge < -0.3 is 15.0 Å². The van der Waals surface area contributed by atoms with Crippen molar-refractivity contribution in [3.05, 3.63) is 82.5 Å². The number of pyridine rings is 1. The lowest BCUT2D eigenvalue weighted by Gasteiger charge is -2.38. The Balaban J connectivity index is 1.44. The molecule has 1 aromatic carbocycles. The van der Waals surface area contributed by atoms with Crippen molar-refractivity contribution in [2.45, 2.75) is 38.0 Å². The molecular weight excluding hydrogens is 461 g/mol. The topological polar surface area (TPSA) is 100 Å². The van der Waals surface area contributed by atoms with Gasteiger partial charge in [0.2, 0.25) is 5.91 Å². The predicted octanol–water partition coefficient (Wildman–Crippen LogP) is 2.13. The number of carbonyl (C=O) groups excluding carboxylic acids is 1. The van der Waals surface area contributed by atoms with Gasteiger partial charge in [-0.2, -0.15) is 0 Å². The molecule has 1 aliphatic carbocycles. The minimum atomic E-state index is -0.518. The monoisotopic (exact) mass is 489 g/mol. The van der Waals surface area contributed by atoms with Crippen LogP contribution >= 0.6 is 0 Å². The minimum Gasteiger partial charge on any atom is -0.396 e. The highest BCUT2D eigenvalue weighted by Crippen LogP contribution is 2.49. The average Bonchev–Trinajstić information content (AvgIpc) is 3.69. The van der Waals surface area contributed by atoms with E-state index in [2.05, 4.69) is 20.2 Å². The molecule has 2 aliphatic heterocycles. The Kier molecular flexibility index (Phi) is 5.89. The Morgan fingerprint density at radius 2 is 1.89 bits per heavy atom. The quantitative estimate of drug-likeness (QED) is 0.528. The van der Waals surface area contributed by atoms with E-state index in [0.29, 0.717) is 31.2 Å². The highest BCUT2D eigenvalue weighted by atomic mass is 19.1. The van der Waals surface area contributed by atoms with Crippen LogP contribution in [0.1, 0.15) is 30.1 Å². The fourth-order valence-corrected chi connectivity index (χ4v) is 5.93. The molecule has 4 heterocycles. The summed E-state index contributed by atoms with van der Waals surface area (Å²) in [6, 6.07) is 9.06. The number of halogens is 1. The lowest BCUT2D eigenvalue weighted by atomic mass is 9.86. The lowest BCUT2D eigenvalue weighted by molar-refractivity contribution is -0.127. The van der Waals surface area contributed by atoms with Gasteiger partial charge in [-0.15, -0.1) is 0 Å². The standard InChI is InChI=1S/C27H28FN5O3/c28-21-4-2-1-3-18(21)19-7-8-22-25-24(26(35)31-11-16-5-6-16)20(14-34)23(13-33(22)27(19)36)32(25)12-17-9-29-15-30-10-17/h1-4,7-10,15-16,20,23-25,34H,5-6,11-14H2,(H,31,35)/t20-,23-,24+,25+/m1/s1. The molecule has 8 nitrogen and oxygen atoms in total. The highest BCUT2D eigenvalue weighted by Gasteiger charge is 2.55. The van der Waals surface area contributed by atoms with Crippen molar-refractivity contribution in [2.24, 2.45) is 17.8 Å². The summed E-state index contributed by atoms with van der Waals surface area (Å²) in [4.78, 5) is 37.6. The number of aliphatic hydroxyl groups is 1. The zero-order valence-electron chi connectivity index (χ0n) is 19.8. The average molecular weight is 490 g/mol. The molecule has 9 heteroatoms. The number of benzene rings is 1. The molecule has 2 bridgehead atoms. The van der Waals surface area contributed by atoms with Gasteiger partial charge in [0, 0.05) is 67.4 Å². The van der Waals surface area contributed by atoms with Crippen molar-refractivity contribution in [3.8, 4) is 11.1 Å². The van der Waals surface area contributed by atoms with E-state index >= 15 is 0 Å². The number of carbonyl (C=O) groups is 1. The molecule has 4 atom stereocenters. The maximum absolute atomic E-state index is 14.5. The van der Waals surface area contributed by atoms with Crippen molar-refractivity contribution in [1.29, 1.82) is 0 Å².